The SMILES string of the molecule is Nc1ccc(C(=O)NS(=O)(=O)c2ccccc2N)cc1. The van der Waals surface area contributed by atoms with Crippen molar-refractivity contribution in [1.29, 1.82) is 0 Å². The highest BCUT2D eigenvalue weighted by Crippen LogP contribution is 2.17. The van der Waals surface area contributed by atoms with Crippen LogP contribution in [-0.2, 0) is 10.0 Å². The summed E-state index contributed by atoms with van der Waals surface area (Å²) in [6.07, 6.45) is 0. The van der Waals surface area contributed by atoms with E-state index < -0.39 is 15.9 Å². The van der Waals surface area contributed by atoms with Crippen molar-refractivity contribution in [1.82, 2.24) is 4.72 Å². The molecule has 20 heavy (non-hydrogen) atoms. The number of nitrogen functional groups attached to an aromatic ring is 2. The van der Waals surface area contributed by atoms with Gasteiger partial charge in [0, 0.05) is 11.3 Å². The molecule has 0 fully saturated rings. The number of para-hydroxylation sites is 1. The number of carbonyl (C=O) groups excluding carboxylic acids is 1. The van der Waals surface area contributed by atoms with Crippen LogP contribution in [0.25, 0.3) is 0 Å². The van der Waals surface area contributed by atoms with E-state index in [1.54, 1.807) is 6.07 Å². The lowest BCUT2D eigenvalue weighted by Gasteiger charge is -2.09. The fourth-order valence-electron chi connectivity index (χ4n) is 1.60. The van der Waals surface area contributed by atoms with Crippen molar-refractivity contribution in [2.75, 3.05) is 11.5 Å². The molecule has 1 amide bonds. The van der Waals surface area contributed by atoms with E-state index in [2.05, 4.69) is 0 Å². The van der Waals surface area contributed by atoms with Crippen LogP contribution in [0, 0.1) is 0 Å². The molecule has 2 aromatic carbocycles. The van der Waals surface area contributed by atoms with Crippen molar-refractivity contribution in [3.05, 3.63) is 54.1 Å². The third kappa shape index (κ3) is 2.89. The van der Waals surface area contributed by atoms with Crippen molar-refractivity contribution < 1.29 is 13.2 Å². The van der Waals surface area contributed by atoms with E-state index in [1.807, 2.05) is 4.72 Å². The summed E-state index contributed by atoms with van der Waals surface area (Å²) < 4.78 is 26.1. The lowest BCUT2D eigenvalue weighted by molar-refractivity contribution is 0.0981. The Balaban J connectivity index is 2.27. The number of anilines is 2. The maximum atomic E-state index is 12.1. The predicted molar refractivity (Wildman–Crippen MR) is 76.4 cm³/mol. The molecular formula is C13H13N3O3S. The van der Waals surface area contributed by atoms with E-state index in [4.69, 9.17) is 11.5 Å². The van der Waals surface area contributed by atoms with E-state index in [-0.39, 0.29) is 16.1 Å². The molecule has 7 heteroatoms. The Hall–Kier alpha value is -2.54. The molecule has 0 saturated carbocycles. The van der Waals surface area contributed by atoms with E-state index in [0.29, 0.717) is 5.69 Å². The Morgan fingerprint density at radius 3 is 2.15 bits per heavy atom. The van der Waals surface area contributed by atoms with Gasteiger partial charge in [-0.1, -0.05) is 12.1 Å². The fourth-order valence-corrected chi connectivity index (χ4v) is 2.70. The lowest BCUT2D eigenvalue weighted by atomic mass is 10.2. The summed E-state index contributed by atoms with van der Waals surface area (Å²) in [6.45, 7) is 0. The van der Waals surface area contributed by atoms with Crippen molar-refractivity contribution in [3.63, 3.8) is 0 Å². The van der Waals surface area contributed by atoms with Crippen LogP contribution in [0.2, 0.25) is 0 Å². The number of nitrogens with one attached hydrogen (secondary N) is 1. The highest BCUT2D eigenvalue weighted by Gasteiger charge is 2.20. The first-order valence-electron chi connectivity index (χ1n) is 5.67. The molecule has 6 nitrogen and oxygen atoms in total. The van der Waals surface area contributed by atoms with Gasteiger partial charge in [0.05, 0.1) is 5.69 Å². The molecule has 104 valence electrons. The zero-order valence-electron chi connectivity index (χ0n) is 10.4. The summed E-state index contributed by atoms with van der Waals surface area (Å²) in [5.74, 6) is -0.742. The van der Waals surface area contributed by atoms with Gasteiger partial charge in [0.25, 0.3) is 15.9 Å². The van der Waals surface area contributed by atoms with Gasteiger partial charge in [-0.15, -0.1) is 0 Å². The molecule has 0 heterocycles. The quantitative estimate of drug-likeness (QED) is 0.729. The predicted octanol–water partition coefficient (Wildman–Crippen LogP) is 0.970. The molecule has 0 aliphatic carbocycles. The smallest absolute Gasteiger partial charge is 0.266 e. The van der Waals surface area contributed by atoms with Gasteiger partial charge in [-0.25, -0.2) is 13.1 Å². The van der Waals surface area contributed by atoms with Crippen LogP contribution in [0.3, 0.4) is 0 Å². The summed E-state index contributed by atoms with van der Waals surface area (Å²) in [5, 5.41) is 0. The Kier molecular flexibility index (Phi) is 3.62. The third-order valence-corrected chi connectivity index (χ3v) is 4.01. The zero-order chi connectivity index (χ0) is 14.8. The normalized spacial score (nSPS) is 11.0. The molecular weight excluding hydrogens is 278 g/mol. The Bertz CT molecular complexity index is 740. The molecule has 2 rings (SSSR count). The summed E-state index contributed by atoms with van der Waals surface area (Å²) in [6, 6.07) is 11.8. The molecule has 0 bridgehead atoms. The molecule has 0 aromatic heterocycles. The maximum Gasteiger partial charge on any atom is 0.266 e. The highest BCUT2D eigenvalue weighted by molar-refractivity contribution is 7.90. The molecule has 0 aliphatic rings. The molecule has 0 unspecified atom stereocenters. The average Bonchev–Trinajstić information content (AvgIpc) is 2.39. The molecule has 0 aliphatic heterocycles. The second-order valence-electron chi connectivity index (χ2n) is 4.09. The Labute approximate surface area is 116 Å². The fraction of sp³-hybridized carbons (Fsp3) is 0. The van der Waals surface area contributed by atoms with Crippen molar-refractivity contribution in [2.45, 2.75) is 4.90 Å². The summed E-state index contributed by atoms with van der Waals surface area (Å²) >= 11 is 0. The van der Waals surface area contributed by atoms with Crippen LogP contribution in [0.5, 0.6) is 0 Å². The number of sulfonamides is 1. The highest BCUT2D eigenvalue weighted by atomic mass is 32.2. The minimum atomic E-state index is -4.00. The number of hydrogen-bond acceptors (Lipinski definition) is 5. The van der Waals surface area contributed by atoms with Crippen LogP contribution in [0.4, 0.5) is 11.4 Å². The molecule has 0 saturated heterocycles. The molecule has 0 atom stereocenters. The number of carbonyl (C=O) groups is 1. The van der Waals surface area contributed by atoms with Crippen molar-refractivity contribution in [3.8, 4) is 0 Å². The number of nitrogens with two attached hydrogens (primary N) is 2. The van der Waals surface area contributed by atoms with E-state index in [9.17, 15) is 13.2 Å². The maximum absolute atomic E-state index is 12.1. The Morgan fingerprint density at radius 2 is 1.55 bits per heavy atom. The number of amides is 1. The van der Waals surface area contributed by atoms with Gasteiger partial charge >= 0.3 is 0 Å². The molecule has 5 N–H and O–H groups in total. The number of rotatable bonds is 3. The van der Waals surface area contributed by atoms with E-state index in [0.717, 1.165) is 0 Å². The number of benzene rings is 2. The first kappa shape index (κ1) is 13.9. The lowest BCUT2D eigenvalue weighted by Crippen LogP contribution is -2.31. The minimum Gasteiger partial charge on any atom is -0.399 e. The second kappa shape index (κ2) is 5.22. The monoisotopic (exact) mass is 291 g/mol. The summed E-state index contributed by atoms with van der Waals surface area (Å²) in [4.78, 5) is 11.7. The van der Waals surface area contributed by atoms with E-state index >= 15 is 0 Å². The Morgan fingerprint density at radius 1 is 0.950 bits per heavy atom. The van der Waals surface area contributed by atoms with Gasteiger partial charge in [0.2, 0.25) is 0 Å². The first-order valence-corrected chi connectivity index (χ1v) is 7.15. The van der Waals surface area contributed by atoms with Crippen LogP contribution in [0.15, 0.2) is 53.4 Å². The van der Waals surface area contributed by atoms with E-state index in [1.165, 1.54) is 42.5 Å². The second-order valence-corrected chi connectivity index (χ2v) is 5.75. The third-order valence-electron chi connectivity index (χ3n) is 2.61. The standard InChI is InChI=1S/C13H13N3O3S/c14-10-7-5-9(6-8-10)13(17)16-20(18,19)12-4-2-1-3-11(12)15/h1-8H,14-15H2,(H,16,17). The van der Waals surface area contributed by atoms with Gasteiger partial charge < -0.3 is 11.5 Å². The van der Waals surface area contributed by atoms with Crippen LogP contribution in [0.1, 0.15) is 10.4 Å². The van der Waals surface area contributed by atoms with Crippen molar-refractivity contribution >= 4 is 27.3 Å². The average molecular weight is 291 g/mol. The van der Waals surface area contributed by atoms with Crippen LogP contribution >= 0.6 is 0 Å². The van der Waals surface area contributed by atoms with Crippen LogP contribution < -0.4 is 16.2 Å². The zero-order valence-corrected chi connectivity index (χ0v) is 11.2. The van der Waals surface area contributed by atoms with Crippen LogP contribution in [-0.4, -0.2) is 14.3 Å². The summed E-state index contributed by atoms with van der Waals surface area (Å²) in [7, 11) is -4.00. The van der Waals surface area contributed by atoms with Gasteiger partial charge in [0.15, 0.2) is 0 Å². The topological polar surface area (TPSA) is 115 Å². The van der Waals surface area contributed by atoms with Gasteiger partial charge in [0.1, 0.15) is 4.90 Å². The molecule has 2 aromatic rings. The van der Waals surface area contributed by atoms with Gasteiger partial charge in [-0.3, -0.25) is 4.79 Å². The van der Waals surface area contributed by atoms with Gasteiger partial charge in [-0.05, 0) is 36.4 Å². The molecule has 0 spiro atoms. The van der Waals surface area contributed by atoms with Gasteiger partial charge in [-0.2, -0.15) is 0 Å². The largest absolute Gasteiger partial charge is 0.399 e. The van der Waals surface area contributed by atoms with Crippen molar-refractivity contribution in [2.24, 2.45) is 0 Å². The molecule has 0 radical (unpaired) electrons. The summed E-state index contributed by atoms with van der Waals surface area (Å²) in [5.41, 5.74) is 11.8. The minimum absolute atomic E-state index is 0.0742. The first-order chi connectivity index (χ1) is 9.40. The number of hydrogen-bond donors (Lipinski definition) is 3.